The van der Waals surface area contributed by atoms with Crippen LogP contribution in [0.5, 0.6) is 5.75 Å². The zero-order valence-corrected chi connectivity index (χ0v) is 19.5. The van der Waals surface area contributed by atoms with Gasteiger partial charge < -0.3 is 9.84 Å². The van der Waals surface area contributed by atoms with Crippen LogP contribution in [0.4, 0.5) is 0 Å². The summed E-state index contributed by atoms with van der Waals surface area (Å²) in [5.74, 6) is 1.19. The van der Waals surface area contributed by atoms with Crippen molar-refractivity contribution in [3.63, 3.8) is 0 Å². The van der Waals surface area contributed by atoms with Gasteiger partial charge in [-0.05, 0) is 75.5 Å². The van der Waals surface area contributed by atoms with Crippen molar-refractivity contribution in [3.05, 3.63) is 35.0 Å². The minimum Gasteiger partial charge on any atom is -0.495 e. The first kappa shape index (κ1) is 21.0. The standard InChI is InChI=1S/C23H28N2O4S2/c1-14-22(25-12-20(16-5-6-16)30-23(25)24-14)17-7-10-19(29-2)21(11-17)31(27,28)13-15-3-8-18(26)9-4-15/h7,10-12,15-16,18,26H,3-6,8-9,13H2,1-2H3. The number of hydrogen-bond donors (Lipinski definition) is 1. The Morgan fingerprint density at radius 3 is 2.61 bits per heavy atom. The second kappa shape index (κ2) is 7.90. The second-order valence-electron chi connectivity index (χ2n) is 8.93. The number of imidazole rings is 1. The summed E-state index contributed by atoms with van der Waals surface area (Å²) in [6.45, 7) is 1.97. The van der Waals surface area contributed by atoms with Crippen LogP contribution >= 0.6 is 11.3 Å². The lowest BCUT2D eigenvalue weighted by Gasteiger charge is -2.25. The number of aliphatic hydroxyl groups is 1. The molecule has 2 fully saturated rings. The molecule has 0 saturated heterocycles. The van der Waals surface area contributed by atoms with Crippen LogP contribution in [-0.4, -0.2) is 41.9 Å². The predicted molar refractivity (Wildman–Crippen MR) is 122 cm³/mol. The molecule has 3 aromatic rings. The van der Waals surface area contributed by atoms with Crippen molar-refractivity contribution in [3.8, 4) is 17.0 Å². The van der Waals surface area contributed by atoms with Crippen molar-refractivity contribution >= 4 is 26.1 Å². The van der Waals surface area contributed by atoms with Gasteiger partial charge in [0.2, 0.25) is 0 Å². The number of aromatic nitrogens is 2. The van der Waals surface area contributed by atoms with Crippen molar-refractivity contribution in [2.24, 2.45) is 5.92 Å². The Hall–Kier alpha value is -1.90. The van der Waals surface area contributed by atoms with Crippen molar-refractivity contribution in [2.45, 2.75) is 62.4 Å². The number of aliphatic hydroxyl groups excluding tert-OH is 1. The summed E-state index contributed by atoms with van der Waals surface area (Å²) in [6.07, 6.45) is 7.17. The number of rotatable bonds is 6. The van der Waals surface area contributed by atoms with Gasteiger partial charge in [-0.15, -0.1) is 11.3 Å². The number of nitrogens with zero attached hydrogens (tertiary/aromatic N) is 2. The van der Waals surface area contributed by atoms with E-state index in [1.54, 1.807) is 23.5 Å². The lowest BCUT2D eigenvalue weighted by molar-refractivity contribution is 0.113. The molecule has 0 aliphatic heterocycles. The summed E-state index contributed by atoms with van der Waals surface area (Å²) in [6, 6.07) is 5.41. The highest BCUT2D eigenvalue weighted by molar-refractivity contribution is 7.91. The minimum atomic E-state index is -3.53. The third-order valence-electron chi connectivity index (χ3n) is 6.54. The Labute approximate surface area is 186 Å². The van der Waals surface area contributed by atoms with Crippen LogP contribution in [0.3, 0.4) is 0 Å². The monoisotopic (exact) mass is 460 g/mol. The molecular formula is C23H28N2O4S2. The summed E-state index contributed by atoms with van der Waals surface area (Å²) < 4.78 is 34.3. The summed E-state index contributed by atoms with van der Waals surface area (Å²) in [4.78, 5) is 7.28. The molecular weight excluding hydrogens is 432 g/mol. The number of methoxy groups -OCH3 is 1. The zero-order valence-electron chi connectivity index (χ0n) is 17.9. The van der Waals surface area contributed by atoms with Crippen LogP contribution < -0.4 is 4.74 Å². The van der Waals surface area contributed by atoms with Gasteiger partial charge in [-0.1, -0.05) is 0 Å². The van der Waals surface area contributed by atoms with Crippen molar-refractivity contribution in [1.29, 1.82) is 0 Å². The van der Waals surface area contributed by atoms with Gasteiger partial charge >= 0.3 is 0 Å². The number of aryl methyl sites for hydroxylation is 1. The van der Waals surface area contributed by atoms with E-state index in [2.05, 4.69) is 10.6 Å². The van der Waals surface area contributed by atoms with Gasteiger partial charge in [0, 0.05) is 16.6 Å². The molecule has 2 saturated carbocycles. The average molecular weight is 461 g/mol. The van der Waals surface area contributed by atoms with Gasteiger partial charge in [0.25, 0.3) is 0 Å². The molecule has 0 unspecified atom stereocenters. The fourth-order valence-electron chi connectivity index (χ4n) is 4.65. The highest BCUT2D eigenvalue weighted by Crippen LogP contribution is 2.44. The van der Waals surface area contributed by atoms with E-state index >= 15 is 0 Å². The summed E-state index contributed by atoms with van der Waals surface area (Å²) in [5.41, 5.74) is 2.67. The van der Waals surface area contributed by atoms with Gasteiger partial charge in [0.1, 0.15) is 10.6 Å². The Bertz CT molecular complexity index is 1220. The lowest BCUT2D eigenvalue weighted by atomic mass is 9.89. The van der Waals surface area contributed by atoms with Gasteiger partial charge in [0.05, 0.1) is 30.4 Å². The molecule has 2 heterocycles. The highest BCUT2D eigenvalue weighted by atomic mass is 32.2. The third kappa shape index (κ3) is 4.01. The van der Waals surface area contributed by atoms with Crippen molar-refractivity contribution in [2.75, 3.05) is 12.9 Å². The Kier molecular flexibility index (Phi) is 5.35. The molecule has 31 heavy (non-hydrogen) atoms. The molecule has 8 heteroatoms. The first-order valence-corrected chi connectivity index (χ1v) is 13.4. The average Bonchev–Trinajstić information content (AvgIpc) is 3.44. The van der Waals surface area contributed by atoms with E-state index in [1.165, 1.54) is 24.8 Å². The van der Waals surface area contributed by atoms with Gasteiger partial charge in [-0.3, -0.25) is 4.40 Å². The first-order valence-electron chi connectivity index (χ1n) is 10.9. The number of ether oxygens (including phenoxy) is 1. The van der Waals surface area contributed by atoms with Gasteiger partial charge in [-0.2, -0.15) is 0 Å². The smallest absolute Gasteiger partial charge is 0.194 e. The summed E-state index contributed by atoms with van der Waals surface area (Å²) in [5, 5.41) is 9.74. The molecule has 0 radical (unpaired) electrons. The first-order chi connectivity index (χ1) is 14.9. The van der Waals surface area contributed by atoms with E-state index in [-0.39, 0.29) is 22.7 Å². The largest absolute Gasteiger partial charge is 0.495 e. The molecule has 0 amide bonds. The Morgan fingerprint density at radius 2 is 1.94 bits per heavy atom. The molecule has 2 aliphatic carbocycles. The molecule has 0 atom stereocenters. The van der Waals surface area contributed by atoms with E-state index in [0.29, 0.717) is 24.5 Å². The van der Waals surface area contributed by atoms with Crippen LogP contribution in [0.25, 0.3) is 16.2 Å². The van der Waals surface area contributed by atoms with Crippen LogP contribution in [0.1, 0.15) is 55.0 Å². The van der Waals surface area contributed by atoms with E-state index in [9.17, 15) is 13.5 Å². The number of benzene rings is 1. The van der Waals surface area contributed by atoms with E-state index < -0.39 is 9.84 Å². The van der Waals surface area contributed by atoms with Gasteiger partial charge in [0.15, 0.2) is 14.8 Å². The number of thiazole rings is 1. The molecule has 1 aromatic carbocycles. The summed E-state index contributed by atoms with van der Waals surface area (Å²) in [7, 11) is -2.02. The van der Waals surface area contributed by atoms with E-state index in [0.717, 1.165) is 34.8 Å². The molecule has 2 aliphatic rings. The van der Waals surface area contributed by atoms with Crippen LogP contribution in [0.15, 0.2) is 29.3 Å². The Morgan fingerprint density at radius 1 is 1.19 bits per heavy atom. The predicted octanol–water partition coefficient (Wildman–Crippen LogP) is 4.58. The van der Waals surface area contributed by atoms with Crippen molar-refractivity contribution in [1.82, 2.24) is 9.38 Å². The van der Waals surface area contributed by atoms with Crippen LogP contribution in [0.2, 0.25) is 0 Å². The summed E-state index contributed by atoms with van der Waals surface area (Å²) >= 11 is 1.73. The molecule has 166 valence electrons. The SMILES string of the molecule is COc1ccc(-c2c(C)nc3sc(C4CC4)cn23)cc1S(=O)(=O)CC1CCC(O)CC1. The van der Waals surface area contributed by atoms with Crippen LogP contribution in [0, 0.1) is 12.8 Å². The molecule has 0 spiro atoms. The third-order valence-corrected chi connectivity index (χ3v) is 9.59. The molecule has 6 nitrogen and oxygen atoms in total. The van der Waals surface area contributed by atoms with Gasteiger partial charge in [-0.25, -0.2) is 13.4 Å². The maximum absolute atomic E-state index is 13.4. The lowest BCUT2D eigenvalue weighted by Crippen LogP contribution is -2.24. The van der Waals surface area contributed by atoms with Crippen molar-refractivity contribution < 1.29 is 18.3 Å². The number of fused-ring (bicyclic) bond motifs is 1. The zero-order chi connectivity index (χ0) is 21.8. The van der Waals surface area contributed by atoms with E-state index in [4.69, 9.17) is 9.72 Å². The fraction of sp³-hybridized carbons (Fsp3) is 0.522. The topological polar surface area (TPSA) is 80.9 Å². The van der Waals surface area contributed by atoms with E-state index in [1.807, 2.05) is 13.0 Å². The molecule has 5 rings (SSSR count). The van der Waals surface area contributed by atoms with Crippen LogP contribution in [-0.2, 0) is 9.84 Å². The quantitative estimate of drug-likeness (QED) is 0.582. The number of hydrogen-bond acceptors (Lipinski definition) is 6. The molecule has 2 aromatic heterocycles. The second-order valence-corrected chi connectivity index (χ2v) is 12.0. The molecule has 1 N–H and O–H groups in total. The highest BCUT2D eigenvalue weighted by Gasteiger charge is 2.30. The minimum absolute atomic E-state index is 0.0724. The normalized spacial score (nSPS) is 22.2. The fourth-order valence-corrected chi connectivity index (χ4v) is 7.75. The maximum Gasteiger partial charge on any atom is 0.194 e. The number of sulfone groups is 1. The molecule has 0 bridgehead atoms. The Balaban J connectivity index is 1.53. The maximum atomic E-state index is 13.4.